The van der Waals surface area contributed by atoms with E-state index in [-0.39, 0.29) is 24.5 Å². The predicted molar refractivity (Wildman–Crippen MR) is 148 cm³/mol. The van der Waals surface area contributed by atoms with Crippen LogP contribution in [-0.2, 0) is 40.8 Å². The molecule has 2 aliphatic rings. The minimum Gasteiger partial charge on any atom is -0.390 e. The lowest BCUT2D eigenvalue weighted by Gasteiger charge is -2.24. The molecule has 2 fully saturated rings. The van der Waals surface area contributed by atoms with Crippen LogP contribution < -0.4 is 22.8 Å². The molecule has 252 valence electrons. The second-order valence-electron chi connectivity index (χ2n) is 10.0. The van der Waals surface area contributed by atoms with Gasteiger partial charge in [0, 0.05) is 36.4 Å². The summed E-state index contributed by atoms with van der Waals surface area (Å²) in [5.41, 5.74) is 10.5. The number of aromatic nitrogens is 4. The molecule has 4 heterocycles. The van der Waals surface area contributed by atoms with Crippen molar-refractivity contribution in [3.05, 3.63) is 44.5 Å². The molecule has 45 heavy (non-hydrogen) atoms. The number of anilines is 2. The summed E-state index contributed by atoms with van der Waals surface area (Å²) in [4.78, 5) is 59.5. The first kappa shape index (κ1) is 35.5. The van der Waals surface area contributed by atoms with E-state index in [0.29, 0.717) is 11.1 Å². The van der Waals surface area contributed by atoms with E-state index in [0.717, 1.165) is 9.13 Å². The van der Waals surface area contributed by atoms with Crippen LogP contribution in [0.1, 0.15) is 36.4 Å². The average Bonchev–Trinajstić information content (AvgIpc) is 3.45. The molecule has 0 radical (unpaired) electrons. The zero-order valence-electron chi connectivity index (χ0n) is 23.5. The summed E-state index contributed by atoms with van der Waals surface area (Å²) in [5.74, 6) is -0.0447. The second-order valence-corrected chi connectivity index (χ2v) is 14.7. The number of nitrogens with zero attached hydrogens (tertiary/aromatic N) is 4. The number of hydrogen-bond donors (Lipinski definition) is 7. The molecule has 0 amide bonds. The largest absolute Gasteiger partial charge is 0.490 e. The van der Waals surface area contributed by atoms with Crippen molar-refractivity contribution in [2.45, 2.75) is 63.6 Å². The molecule has 2 aliphatic heterocycles. The van der Waals surface area contributed by atoms with Gasteiger partial charge in [-0.2, -0.15) is 18.6 Å². The van der Waals surface area contributed by atoms with Gasteiger partial charge in [0.1, 0.15) is 36.3 Å². The summed E-state index contributed by atoms with van der Waals surface area (Å²) in [7, 11) is -16.9. The zero-order chi connectivity index (χ0) is 33.5. The van der Waals surface area contributed by atoms with Gasteiger partial charge in [0.05, 0.1) is 25.4 Å². The molecule has 0 aliphatic carbocycles. The molecular weight excluding hydrogens is 673 g/mol. The van der Waals surface area contributed by atoms with Crippen LogP contribution >= 0.6 is 23.5 Å². The Morgan fingerprint density at radius 3 is 1.60 bits per heavy atom. The monoisotopic (exact) mass is 704 g/mol. The van der Waals surface area contributed by atoms with E-state index < -0.39 is 84.9 Å². The molecule has 0 aromatic carbocycles. The number of ether oxygens (including phenoxy) is 2. The summed E-state index contributed by atoms with van der Waals surface area (Å²) >= 11 is 0. The van der Waals surface area contributed by atoms with Crippen molar-refractivity contribution in [3.63, 3.8) is 0 Å². The number of phosphoric ester groups is 1. The number of phosphoric acid groups is 3. The van der Waals surface area contributed by atoms with E-state index in [1.807, 2.05) is 0 Å². The van der Waals surface area contributed by atoms with Crippen LogP contribution in [-0.4, -0.2) is 81.6 Å². The van der Waals surface area contributed by atoms with E-state index in [4.69, 9.17) is 39.8 Å². The van der Waals surface area contributed by atoms with E-state index in [1.54, 1.807) is 13.8 Å². The number of aliphatic hydroxyl groups is 2. The van der Waals surface area contributed by atoms with E-state index in [9.17, 15) is 38.4 Å². The molecule has 3 unspecified atom stereocenters. The molecule has 22 nitrogen and oxygen atoms in total. The molecule has 2 saturated heterocycles. The summed E-state index contributed by atoms with van der Waals surface area (Å²) in [6.45, 7) is 1.37. The number of aliphatic hydroxyl groups excluding tert-OH is 2. The highest BCUT2D eigenvalue weighted by atomic mass is 31.3. The molecule has 0 bridgehead atoms. The molecule has 7 atom stereocenters. The smallest absolute Gasteiger partial charge is 0.390 e. The highest BCUT2D eigenvalue weighted by Gasteiger charge is 2.46. The Kier molecular flexibility index (Phi) is 10.5. The van der Waals surface area contributed by atoms with E-state index >= 15 is 0 Å². The zero-order valence-corrected chi connectivity index (χ0v) is 26.1. The average molecular weight is 704 g/mol. The summed E-state index contributed by atoms with van der Waals surface area (Å²) in [6, 6.07) is 0. The van der Waals surface area contributed by atoms with Gasteiger partial charge in [0.15, 0.2) is 0 Å². The maximum atomic E-state index is 13.5. The fourth-order valence-electron chi connectivity index (χ4n) is 4.33. The highest BCUT2D eigenvalue weighted by molar-refractivity contribution is 7.66. The molecule has 0 spiro atoms. The summed E-state index contributed by atoms with van der Waals surface area (Å²) < 4.78 is 68.3. The van der Waals surface area contributed by atoms with Crippen molar-refractivity contribution in [1.29, 1.82) is 0 Å². The van der Waals surface area contributed by atoms with Crippen LogP contribution in [0.5, 0.6) is 0 Å². The Morgan fingerprint density at radius 1 is 0.822 bits per heavy atom. The summed E-state index contributed by atoms with van der Waals surface area (Å²) in [5, 5.41) is 21.0. The molecule has 2 aromatic rings. The Hall–Kier alpha value is -2.39. The van der Waals surface area contributed by atoms with Crippen LogP contribution in [0.15, 0.2) is 22.0 Å². The quantitative estimate of drug-likeness (QED) is 0.130. The van der Waals surface area contributed by atoms with Gasteiger partial charge in [-0.15, -0.1) is 0 Å². The second kappa shape index (κ2) is 13.4. The molecule has 25 heteroatoms. The lowest BCUT2D eigenvalue weighted by Crippen LogP contribution is -2.30. The normalized spacial score (nSPS) is 28.2. The lowest BCUT2D eigenvalue weighted by molar-refractivity contribution is -0.0580. The Balaban J connectivity index is 1.48. The van der Waals surface area contributed by atoms with Crippen LogP contribution in [0.25, 0.3) is 0 Å². The number of nitrogen functional groups attached to an aromatic ring is 2. The van der Waals surface area contributed by atoms with Crippen LogP contribution in [0, 0.1) is 13.8 Å². The Labute approximate surface area is 252 Å². The number of hydrogen-bond acceptors (Lipinski definition) is 17. The van der Waals surface area contributed by atoms with Crippen molar-refractivity contribution < 1.29 is 65.7 Å². The first-order valence-corrected chi connectivity index (χ1v) is 17.3. The van der Waals surface area contributed by atoms with Gasteiger partial charge in [-0.1, -0.05) is 0 Å². The fourth-order valence-corrected chi connectivity index (χ4v) is 7.92. The third kappa shape index (κ3) is 8.91. The summed E-state index contributed by atoms with van der Waals surface area (Å²) in [6.07, 6.45) is -5.33. The van der Waals surface area contributed by atoms with Crippen molar-refractivity contribution in [1.82, 2.24) is 19.1 Å². The van der Waals surface area contributed by atoms with Crippen molar-refractivity contribution in [2.75, 3.05) is 24.7 Å². The van der Waals surface area contributed by atoms with Gasteiger partial charge in [-0.3, -0.25) is 18.2 Å². The van der Waals surface area contributed by atoms with Crippen LogP contribution in [0.3, 0.4) is 0 Å². The van der Waals surface area contributed by atoms with Gasteiger partial charge in [-0.25, -0.2) is 23.3 Å². The Bertz CT molecular complexity index is 1580. The lowest BCUT2D eigenvalue weighted by atomic mass is 10.2. The first-order valence-electron chi connectivity index (χ1n) is 12.8. The third-order valence-electron chi connectivity index (χ3n) is 6.58. The number of nitrogens with two attached hydrogens (primary N) is 2. The van der Waals surface area contributed by atoms with Gasteiger partial charge in [0.2, 0.25) is 0 Å². The molecule has 2 aromatic heterocycles. The first-order chi connectivity index (χ1) is 20.8. The van der Waals surface area contributed by atoms with Gasteiger partial charge >= 0.3 is 34.8 Å². The van der Waals surface area contributed by atoms with Crippen molar-refractivity contribution in [3.8, 4) is 0 Å². The van der Waals surface area contributed by atoms with Crippen molar-refractivity contribution >= 4 is 35.1 Å². The minimum absolute atomic E-state index is 0.0224. The highest BCUT2D eigenvalue weighted by Crippen LogP contribution is 2.68. The number of rotatable bonds is 12. The molecule has 4 rings (SSSR count). The number of aryl methyl sites for hydroxylation is 2. The fraction of sp³-hybridized carbons (Fsp3) is 0.600. The van der Waals surface area contributed by atoms with Gasteiger partial charge in [0.25, 0.3) is 0 Å². The van der Waals surface area contributed by atoms with Crippen LogP contribution in [0.4, 0.5) is 11.6 Å². The SMILES string of the molecule is Cc1cn([C@H]2CC(O)[C@@H](COP(=O)(OC[C@H]3O[C@@H](n4cc(C)c(N)nc4=O)CC3O)OP(=O)(O)OP(=O)(O)O)O2)c(=O)nc1N. The van der Waals surface area contributed by atoms with Gasteiger partial charge in [-0.05, 0) is 13.8 Å². The van der Waals surface area contributed by atoms with Crippen LogP contribution in [0.2, 0.25) is 0 Å². The minimum atomic E-state index is -5.86. The van der Waals surface area contributed by atoms with E-state index in [1.165, 1.54) is 12.4 Å². The van der Waals surface area contributed by atoms with E-state index in [2.05, 4.69) is 18.6 Å². The maximum absolute atomic E-state index is 13.5. The topological polar surface area (TPSA) is 330 Å². The Morgan fingerprint density at radius 2 is 1.22 bits per heavy atom. The molecule has 0 saturated carbocycles. The molecule has 9 N–H and O–H groups in total. The van der Waals surface area contributed by atoms with Crippen molar-refractivity contribution in [2.24, 2.45) is 0 Å². The molecular formula is C20H31N6O16P3. The maximum Gasteiger partial charge on any atom is 0.490 e. The predicted octanol–water partition coefficient (Wildman–Crippen LogP) is -1.05. The standard InChI is InChI=1S/C20H31N6O16P3/c1-9-5-25(19(29)23-17(9)21)15-3-11(27)13(39-15)7-37-45(36,42-44(34,35)41-43(31,32)33)38-8-14-12(28)4-16(40-14)26-6-10(2)18(22)24-20(26)30/h5-6,11-16,27-28H,3-4,7-8H2,1-2H3,(H,34,35)(H2,21,23,29)(H2,22,24,30)(H2,31,32,33)/t11?,12?,13-,14-,15-,16-,45?/m1/s1. The van der Waals surface area contributed by atoms with Gasteiger partial charge < -0.3 is 45.8 Å². The third-order valence-corrected chi connectivity index (χ3v) is 10.8.